The van der Waals surface area contributed by atoms with Crippen LogP contribution in [-0.2, 0) is 6.42 Å². The molecule has 3 rings (SSSR count). The molecule has 0 bridgehead atoms. The van der Waals surface area contributed by atoms with Gasteiger partial charge in [-0.1, -0.05) is 23.7 Å². The number of nitrogens with zero attached hydrogens (tertiary/aromatic N) is 2. The Morgan fingerprint density at radius 3 is 2.86 bits per heavy atom. The molecule has 0 spiro atoms. The highest BCUT2D eigenvalue weighted by Gasteiger charge is 2.23. The van der Waals surface area contributed by atoms with Crippen molar-refractivity contribution in [3.63, 3.8) is 0 Å². The van der Waals surface area contributed by atoms with Crippen LogP contribution in [0.2, 0.25) is 0 Å². The molecule has 2 heterocycles. The van der Waals surface area contributed by atoms with E-state index in [0.29, 0.717) is 17.6 Å². The van der Waals surface area contributed by atoms with E-state index < -0.39 is 0 Å². The number of nitrogens with two attached hydrogens (primary N) is 1. The molecule has 0 radical (unpaired) electrons. The van der Waals surface area contributed by atoms with E-state index in [1.807, 2.05) is 23.9 Å². The van der Waals surface area contributed by atoms with Crippen molar-refractivity contribution in [1.29, 1.82) is 0 Å². The standard InChI is InChI=1S/C15H19N3O2S/c16-12(9-10-4-6-11(19)7-5-10)15-17-14(18-20-15)13-3-1-2-8-21-13/h4-7,12-13,19H,1-3,8-9,16H2/t12-,13?/m1/s1. The second-order valence-corrected chi connectivity index (χ2v) is 6.63. The summed E-state index contributed by atoms with van der Waals surface area (Å²) in [7, 11) is 0. The molecule has 0 saturated carbocycles. The molecule has 0 amide bonds. The van der Waals surface area contributed by atoms with Crippen molar-refractivity contribution in [2.75, 3.05) is 5.75 Å². The summed E-state index contributed by atoms with van der Waals surface area (Å²) in [5, 5.41) is 13.7. The summed E-state index contributed by atoms with van der Waals surface area (Å²) in [4.78, 5) is 4.47. The first kappa shape index (κ1) is 14.4. The van der Waals surface area contributed by atoms with Gasteiger partial charge in [-0.15, -0.1) is 0 Å². The highest BCUT2D eigenvalue weighted by Crippen LogP contribution is 2.37. The normalized spacial score (nSPS) is 20.3. The van der Waals surface area contributed by atoms with Gasteiger partial charge in [0, 0.05) is 0 Å². The zero-order chi connectivity index (χ0) is 14.7. The van der Waals surface area contributed by atoms with Gasteiger partial charge in [-0.2, -0.15) is 16.7 Å². The fourth-order valence-corrected chi connectivity index (χ4v) is 3.68. The average Bonchev–Trinajstić information content (AvgIpc) is 3.00. The van der Waals surface area contributed by atoms with Gasteiger partial charge in [0.1, 0.15) is 5.75 Å². The van der Waals surface area contributed by atoms with Crippen LogP contribution in [0, 0.1) is 0 Å². The lowest BCUT2D eigenvalue weighted by Crippen LogP contribution is -2.14. The van der Waals surface area contributed by atoms with Crippen molar-refractivity contribution >= 4 is 11.8 Å². The Morgan fingerprint density at radius 1 is 1.33 bits per heavy atom. The van der Waals surface area contributed by atoms with E-state index in [1.54, 1.807) is 12.1 Å². The molecule has 0 aliphatic carbocycles. The second-order valence-electron chi connectivity index (χ2n) is 5.32. The summed E-state index contributed by atoms with van der Waals surface area (Å²) in [5.74, 6) is 2.68. The highest BCUT2D eigenvalue weighted by atomic mass is 32.2. The van der Waals surface area contributed by atoms with Crippen LogP contribution in [0.5, 0.6) is 5.75 Å². The largest absolute Gasteiger partial charge is 0.508 e. The van der Waals surface area contributed by atoms with Crippen molar-refractivity contribution in [3.05, 3.63) is 41.5 Å². The van der Waals surface area contributed by atoms with Gasteiger partial charge in [0.15, 0.2) is 5.82 Å². The van der Waals surface area contributed by atoms with E-state index in [4.69, 9.17) is 10.3 Å². The Labute approximate surface area is 127 Å². The summed E-state index contributed by atoms with van der Waals surface area (Å²) in [6, 6.07) is 6.69. The molecule has 2 atom stereocenters. The van der Waals surface area contributed by atoms with Gasteiger partial charge in [-0.3, -0.25) is 0 Å². The van der Waals surface area contributed by atoms with Crippen LogP contribution in [0.25, 0.3) is 0 Å². The van der Waals surface area contributed by atoms with Crippen LogP contribution < -0.4 is 5.73 Å². The molecule has 1 unspecified atom stereocenters. The number of benzene rings is 1. The van der Waals surface area contributed by atoms with Gasteiger partial charge in [-0.05, 0) is 42.7 Å². The maximum absolute atomic E-state index is 9.28. The maximum atomic E-state index is 9.28. The van der Waals surface area contributed by atoms with Gasteiger partial charge < -0.3 is 15.4 Å². The van der Waals surface area contributed by atoms with Crippen LogP contribution in [0.3, 0.4) is 0 Å². The van der Waals surface area contributed by atoms with Crippen molar-refractivity contribution < 1.29 is 9.63 Å². The maximum Gasteiger partial charge on any atom is 0.243 e. The first-order valence-electron chi connectivity index (χ1n) is 7.21. The number of aromatic hydroxyl groups is 1. The number of thioether (sulfide) groups is 1. The average molecular weight is 305 g/mol. The van der Waals surface area contributed by atoms with Crippen molar-refractivity contribution in [2.24, 2.45) is 5.73 Å². The van der Waals surface area contributed by atoms with Crippen molar-refractivity contribution in [3.8, 4) is 5.75 Å². The molecule has 112 valence electrons. The molecule has 2 aromatic rings. The van der Waals surface area contributed by atoms with Crippen LogP contribution in [0.1, 0.15) is 47.8 Å². The fourth-order valence-electron chi connectivity index (χ4n) is 2.45. The van der Waals surface area contributed by atoms with Crippen LogP contribution in [0.15, 0.2) is 28.8 Å². The molecule has 1 aliphatic rings. The molecule has 5 nitrogen and oxygen atoms in total. The first-order chi connectivity index (χ1) is 10.2. The Morgan fingerprint density at radius 2 is 2.14 bits per heavy atom. The number of rotatable bonds is 4. The summed E-state index contributed by atoms with van der Waals surface area (Å²) in [6.45, 7) is 0. The summed E-state index contributed by atoms with van der Waals surface area (Å²) >= 11 is 1.89. The van der Waals surface area contributed by atoms with Gasteiger partial charge in [0.25, 0.3) is 0 Å². The number of aromatic nitrogens is 2. The van der Waals surface area contributed by atoms with Crippen LogP contribution >= 0.6 is 11.8 Å². The van der Waals surface area contributed by atoms with E-state index in [9.17, 15) is 5.11 Å². The van der Waals surface area contributed by atoms with Gasteiger partial charge in [-0.25, -0.2) is 0 Å². The zero-order valence-electron chi connectivity index (χ0n) is 11.7. The molecule has 21 heavy (non-hydrogen) atoms. The summed E-state index contributed by atoms with van der Waals surface area (Å²) in [6.07, 6.45) is 4.21. The lowest BCUT2D eigenvalue weighted by Gasteiger charge is -2.17. The van der Waals surface area contributed by atoms with E-state index >= 15 is 0 Å². The SMILES string of the molecule is N[C@H](Cc1ccc(O)cc1)c1nc(C2CCCCS2)no1. The Hall–Kier alpha value is -1.53. The zero-order valence-corrected chi connectivity index (χ0v) is 12.6. The Balaban J connectivity index is 1.65. The monoisotopic (exact) mass is 305 g/mol. The Bertz CT molecular complexity index is 579. The predicted octanol–water partition coefficient (Wildman–Crippen LogP) is 2.98. The molecule has 1 saturated heterocycles. The number of hydrogen-bond acceptors (Lipinski definition) is 6. The van der Waals surface area contributed by atoms with E-state index in [1.165, 1.54) is 12.8 Å². The third-order valence-electron chi connectivity index (χ3n) is 3.63. The molecule has 3 N–H and O–H groups in total. The Kier molecular flexibility index (Phi) is 4.45. The van der Waals surface area contributed by atoms with Gasteiger partial charge in [0.05, 0.1) is 11.3 Å². The number of hydrogen-bond donors (Lipinski definition) is 2. The van der Waals surface area contributed by atoms with E-state index in [2.05, 4.69) is 10.1 Å². The molecular formula is C15H19N3O2S. The highest BCUT2D eigenvalue weighted by molar-refractivity contribution is 7.99. The molecule has 1 aromatic heterocycles. The third-order valence-corrected chi connectivity index (χ3v) is 5.01. The van der Waals surface area contributed by atoms with Crippen molar-refractivity contribution in [1.82, 2.24) is 10.1 Å². The first-order valence-corrected chi connectivity index (χ1v) is 8.26. The van der Waals surface area contributed by atoms with E-state index in [-0.39, 0.29) is 11.8 Å². The van der Waals surface area contributed by atoms with Gasteiger partial charge in [0.2, 0.25) is 5.89 Å². The number of phenolic OH excluding ortho intramolecular Hbond substituents is 1. The summed E-state index contributed by atoms with van der Waals surface area (Å²) < 4.78 is 5.33. The second kappa shape index (κ2) is 6.49. The molecule has 1 aromatic carbocycles. The van der Waals surface area contributed by atoms with Crippen LogP contribution in [0.4, 0.5) is 0 Å². The minimum Gasteiger partial charge on any atom is -0.508 e. The topological polar surface area (TPSA) is 85.2 Å². The molecule has 1 aliphatic heterocycles. The molecule has 6 heteroatoms. The lowest BCUT2D eigenvalue weighted by atomic mass is 10.1. The quantitative estimate of drug-likeness (QED) is 0.903. The fraction of sp³-hybridized carbons (Fsp3) is 0.467. The number of phenols is 1. The van der Waals surface area contributed by atoms with Gasteiger partial charge >= 0.3 is 0 Å². The minimum atomic E-state index is -0.315. The molecular weight excluding hydrogens is 286 g/mol. The minimum absolute atomic E-state index is 0.252. The van der Waals surface area contributed by atoms with Crippen molar-refractivity contribution in [2.45, 2.75) is 37.0 Å². The summed E-state index contributed by atoms with van der Waals surface area (Å²) in [5.41, 5.74) is 7.18. The van der Waals surface area contributed by atoms with Crippen LogP contribution in [-0.4, -0.2) is 21.0 Å². The molecule has 1 fully saturated rings. The van der Waals surface area contributed by atoms with E-state index in [0.717, 1.165) is 23.6 Å². The smallest absolute Gasteiger partial charge is 0.243 e. The predicted molar refractivity (Wildman–Crippen MR) is 82.1 cm³/mol. The third kappa shape index (κ3) is 3.57. The lowest BCUT2D eigenvalue weighted by molar-refractivity contribution is 0.349.